The molecule has 25 heavy (non-hydrogen) atoms. The Morgan fingerprint density at radius 1 is 1.16 bits per heavy atom. The van der Waals surface area contributed by atoms with Crippen molar-refractivity contribution >= 4 is 23.0 Å². The van der Waals surface area contributed by atoms with Crippen molar-refractivity contribution in [3.8, 4) is 11.1 Å². The van der Waals surface area contributed by atoms with Crippen LogP contribution in [0.15, 0.2) is 60.8 Å². The molecule has 0 amide bonds. The Kier molecular flexibility index (Phi) is 3.99. The molecule has 1 atom stereocenters. The lowest BCUT2D eigenvalue weighted by Gasteiger charge is -2.31. The highest BCUT2D eigenvalue weighted by molar-refractivity contribution is 7.92. The number of fused-ring (bicyclic) bond motifs is 3. The second-order valence-electron chi connectivity index (χ2n) is 5.87. The summed E-state index contributed by atoms with van der Waals surface area (Å²) in [6, 6.07) is 17.2. The van der Waals surface area contributed by atoms with Gasteiger partial charge in [0.2, 0.25) is 0 Å². The van der Waals surface area contributed by atoms with Crippen LogP contribution in [0.4, 0.5) is 5.69 Å². The van der Waals surface area contributed by atoms with Gasteiger partial charge in [-0.05, 0) is 6.07 Å². The topological polar surface area (TPSA) is 79.4 Å². The number of nitrogens with one attached hydrogen (secondary N) is 1. The molecule has 3 aromatic rings. The number of rotatable bonds is 4. The minimum Gasteiger partial charge on any atom is -0.593 e. The molecule has 4 rings (SSSR count). The van der Waals surface area contributed by atoms with E-state index in [-0.39, 0.29) is 5.56 Å². The fourth-order valence-corrected chi connectivity index (χ4v) is 4.46. The summed E-state index contributed by atoms with van der Waals surface area (Å²) in [6.07, 6.45) is 1.51. The molecule has 2 heterocycles. The largest absolute Gasteiger partial charge is 0.593 e. The second kappa shape index (κ2) is 6.31. The highest BCUT2D eigenvalue weighted by Crippen LogP contribution is 2.42. The summed E-state index contributed by atoms with van der Waals surface area (Å²) in [4.78, 5) is 14.5. The number of carbonyl (C=O) groups is 1. The van der Waals surface area contributed by atoms with Crippen LogP contribution in [-0.4, -0.2) is 20.6 Å². The lowest BCUT2D eigenvalue weighted by molar-refractivity contribution is 0.0698. The summed E-state index contributed by atoms with van der Waals surface area (Å²) in [5.41, 5.74) is 4.31. The van der Waals surface area contributed by atoms with Crippen molar-refractivity contribution in [2.45, 2.75) is 12.3 Å². The zero-order valence-electron chi connectivity index (χ0n) is 13.3. The van der Waals surface area contributed by atoms with E-state index in [0.717, 1.165) is 22.5 Å². The molecule has 126 valence electrons. The molecule has 5 nitrogen and oxygen atoms in total. The fourth-order valence-electron chi connectivity index (χ4n) is 3.17. The van der Waals surface area contributed by atoms with Crippen LogP contribution in [0, 0.1) is 0 Å². The first kappa shape index (κ1) is 15.8. The maximum Gasteiger partial charge on any atom is 0.337 e. The number of carboxylic acids is 1. The Labute approximate surface area is 148 Å². The summed E-state index contributed by atoms with van der Waals surface area (Å²) >= 11 is -1.26. The number of anilines is 1. The zero-order valence-corrected chi connectivity index (χ0v) is 14.1. The molecule has 1 aromatic heterocycles. The van der Waals surface area contributed by atoms with E-state index in [1.807, 2.05) is 58.9 Å². The summed E-state index contributed by atoms with van der Waals surface area (Å²) in [5.74, 6) is -0.553. The molecule has 1 unspecified atom stereocenters. The van der Waals surface area contributed by atoms with Crippen molar-refractivity contribution in [1.29, 1.82) is 0 Å². The predicted molar refractivity (Wildman–Crippen MR) is 97.7 cm³/mol. The molecule has 0 spiro atoms. The van der Waals surface area contributed by atoms with E-state index in [1.54, 1.807) is 0 Å². The van der Waals surface area contributed by atoms with Gasteiger partial charge in [-0.15, -0.1) is 0 Å². The van der Waals surface area contributed by atoms with Crippen molar-refractivity contribution in [3.63, 3.8) is 0 Å². The average molecular weight is 352 g/mol. The van der Waals surface area contributed by atoms with Crippen LogP contribution < -0.4 is 4.31 Å². The maximum absolute atomic E-state index is 13.0. The molecular formula is C19H16N2O3S. The first-order valence-electron chi connectivity index (χ1n) is 7.88. The van der Waals surface area contributed by atoms with Crippen molar-refractivity contribution in [2.24, 2.45) is 0 Å². The molecule has 1 aliphatic rings. The summed E-state index contributed by atoms with van der Waals surface area (Å²) in [7, 11) is 0. The Hall–Kier alpha value is -2.70. The highest BCUT2D eigenvalue weighted by Gasteiger charge is 2.33. The van der Waals surface area contributed by atoms with Crippen LogP contribution in [0.1, 0.15) is 21.6 Å². The Balaban J connectivity index is 1.73. The first-order valence-corrected chi connectivity index (χ1v) is 9.15. The van der Waals surface area contributed by atoms with E-state index in [1.165, 1.54) is 6.20 Å². The van der Waals surface area contributed by atoms with Gasteiger partial charge in [0.15, 0.2) is 5.75 Å². The average Bonchev–Trinajstić information content (AvgIpc) is 3.06. The maximum atomic E-state index is 13.0. The van der Waals surface area contributed by atoms with Crippen LogP contribution in [0.5, 0.6) is 0 Å². The van der Waals surface area contributed by atoms with Crippen LogP contribution in [-0.2, 0) is 23.7 Å². The van der Waals surface area contributed by atoms with Crippen LogP contribution >= 0.6 is 0 Å². The monoisotopic (exact) mass is 352 g/mol. The molecule has 0 saturated carbocycles. The van der Waals surface area contributed by atoms with E-state index in [0.29, 0.717) is 17.9 Å². The number of aromatic carboxylic acids is 1. The molecule has 0 aliphatic carbocycles. The lowest BCUT2D eigenvalue weighted by Crippen LogP contribution is -2.34. The quantitative estimate of drug-likeness (QED) is 0.704. The van der Waals surface area contributed by atoms with Crippen molar-refractivity contribution in [1.82, 2.24) is 4.98 Å². The van der Waals surface area contributed by atoms with Crippen molar-refractivity contribution in [2.75, 3.05) is 4.31 Å². The third kappa shape index (κ3) is 2.79. The minimum absolute atomic E-state index is 0.246. The van der Waals surface area contributed by atoms with Gasteiger partial charge in [0, 0.05) is 28.6 Å². The Morgan fingerprint density at radius 2 is 1.88 bits per heavy atom. The van der Waals surface area contributed by atoms with Crippen molar-refractivity contribution < 1.29 is 14.5 Å². The number of carboxylic acid groups (broad SMARTS) is 1. The summed E-state index contributed by atoms with van der Waals surface area (Å²) in [6.45, 7) is 0.388. The molecule has 1 aliphatic heterocycles. The minimum atomic E-state index is -1.26. The highest BCUT2D eigenvalue weighted by atomic mass is 32.2. The molecule has 6 heteroatoms. The van der Waals surface area contributed by atoms with Gasteiger partial charge in [-0.2, -0.15) is 4.31 Å². The van der Waals surface area contributed by atoms with E-state index in [9.17, 15) is 14.5 Å². The van der Waals surface area contributed by atoms with Gasteiger partial charge in [-0.3, -0.25) is 0 Å². The summed E-state index contributed by atoms with van der Waals surface area (Å²) < 4.78 is 14.8. The van der Waals surface area contributed by atoms with E-state index >= 15 is 0 Å². The molecule has 0 bridgehead atoms. The van der Waals surface area contributed by atoms with Gasteiger partial charge in [0.05, 0.1) is 22.6 Å². The van der Waals surface area contributed by atoms with Gasteiger partial charge < -0.3 is 14.6 Å². The fraction of sp³-hybridized carbons (Fsp3) is 0.105. The molecule has 2 N–H and O–H groups in total. The third-order valence-corrected chi connectivity index (χ3v) is 5.71. The van der Waals surface area contributed by atoms with E-state index in [4.69, 9.17) is 0 Å². The van der Waals surface area contributed by atoms with Crippen LogP contribution in [0.25, 0.3) is 11.1 Å². The number of hydrogen-bond donors (Lipinski definition) is 2. The predicted octanol–water partition coefficient (Wildman–Crippen LogP) is 3.56. The van der Waals surface area contributed by atoms with Gasteiger partial charge in [-0.25, -0.2) is 4.79 Å². The summed E-state index contributed by atoms with van der Waals surface area (Å²) in [5, 5.41) is 9.43. The standard InChI is InChI=1S/C19H16N2O3S/c22-19(23)15-10-20-16-11-21(17-9-5-4-8-14(17)18(15)16)25(24)12-13-6-2-1-3-7-13/h1-10,20H,11-12H2,(H,22,23). The van der Waals surface area contributed by atoms with E-state index in [2.05, 4.69) is 4.98 Å². The smallest absolute Gasteiger partial charge is 0.337 e. The number of H-pyrrole nitrogens is 1. The number of hydrogen-bond acceptors (Lipinski definition) is 3. The Morgan fingerprint density at radius 3 is 2.64 bits per heavy atom. The number of aromatic amines is 1. The zero-order chi connectivity index (χ0) is 17.4. The van der Waals surface area contributed by atoms with E-state index < -0.39 is 17.3 Å². The number of para-hydroxylation sites is 1. The molecular weight excluding hydrogens is 336 g/mol. The number of nitrogens with zero attached hydrogens (tertiary/aromatic N) is 1. The molecule has 0 radical (unpaired) electrons. The third-order valence-electron chi connectivity index (χ3n) is 4.31. The van der Waals surface area contributed by atoms with Gasteiger partial charge in [-0.1, -0.05) is 48.5 Å². The van der Waals surface area contributed by atoms with Crippen LogP contribution in [0.3, 0.4) is 0 Å². The van der Waals surface area contributed by atoms with Gasteiger partial charge in [0.1, 0.15) is 6.54 Å². The second-order valence-corrected chi connectivity index (χ2v) is 7.24. The molecule has 0 fully saturated rings. The van der Waals surface area contributed by atoms with Crippen molar-refractivity contribution in [3.05, 3.63) is 77.6 Å². The first-order chi connectivity index (χ1) is 12.1. The molecule has 2 aromatic carbocycles. The number of benzene rings is 2. The normalized spacial score (nSPS) is 13.9. The molecule has 0 saturated heterocycles. The SMILES string of the molecule is O=C(O)c1c[nH]c2c1-c1ccccc1N([S+]([O-])Cc1ccccc1)C2. The number of aromatic nitrogens is 1. The van der Waals surface area contributed by atoms with Gasteiger partial charge >= 0.3 is 5.97 Å². The lowest BCUT2D eigenvalue weighted by atomic mass is 9.97. The van der Waals surface area contributed by atoms with Crippen LogP contribution in [0.2, 0.25) is 0 Å². The Bertz CT molecular complexity index is 923. The van der Waals surface area contributed by atoms with Gasteiger partial charge in [0.25, 0.3) is 0 Å².